The van der Waals surface area contributed by atoms with Crippen LogP contribution in [0.1, 0.15) is 34.6 Å². The molecule has 0 bridgehead atoms. The number of likely N-dealkylation sites (tertiary alicyclic amines) is 1. The van der Waals surface area contributed by atoms with Crippen molar-refractivity contribution in [3.63, 3.8) is 0 Å². The number of likely N-dealkylation sites (N-methyl/N-ethyl adjacent to an activating group) is 1. The Bertz CT molecular complexity index is 1140. The Morgan fingerprint density at radius 3 is 2.70 bits per heavy atom. The highest BCUT2D eigenvalue weighted by molar-refractivity contribution is 5.87. The highest BCUT2D eigenvalue weighted by atomic mass is 15.3. The van der Waals surface area contributed by atoms with Gasteiger partial charge in [0, 0.05) is 36.0 Å². The Labute approximate surface area is 178 Å². The fourth-order valence-electron chi connectivity index (χ4n) is 5.26. The van der Waals surface area contributed by atoms with Crippen molar-refractivity contribution >= 4 is 10.9 Å². The molecule has 0 spiro atoms. The molecule has 2 atom stereocenters. The van der Waals surface area contributed by atoms with Crippen LogP contribution in [-0.4, -0.2) is 39.8 Å². The molecule has 3 heterocycles. The third kappa shape index (κ3) is 3.46. The predicted molar refractivity (Wildman–Crippen MR) is 123 cm³/mol. The fourth-order valence-corrected chi connectivity index (χ4v) is 5.26. The smallest absolute Gasteiger partial charge is 0.0645 e. The number of aromatic amines is 1. The number of piperidine rings is 1. The highest BCUT2D eigenvalue weighted by Gasteiger charge is 2.30. The zero-order valence-electron chi connectivity index (χ0n) is 18.1. The third-order valence-corrected chi connectivity index (χ3v) is 6.89. The third-order valence-electron chi connectivity index (χ3n) is 6.89. The number of nitrogens with one attached hydrogen (secondary N) is 1. The summed E-state index contributed by atoms with van der Waals surface area (Å²) in [5.41, 5.74) is 8.13. The first kappa shape index (κ1) is 19.1. The molecular formula is C26H30N4. The quantitative estimate of drug-likeness (QED) is 0.510. The monoisotopic (exact) mass is 398 g/mol. The Hall–Kier alpha value is -2.85. The lowest BCUT2D eigenvalue weighted by Gasteiger charge is -2.37. The molecule has 1 saturated heterocycles. The maximum atomic E-state index is 4.36. The van der Waals surface area contributed by atoms with Crippen LogP contribution in [0.15, 0.2) is 61.1 Å². The molecule has 2 aromatic heterocycles. The van der Waals surface area contributed by atoms with Crippen molar-refractivity contribution < 1.29 is 0 Å². The number of hydrogen-bond acceptors (Lipinski definition) is 2. The van der Waals surface area contributed by atoms with Crippen LogP contribution in [0.5, 0.6) is 0 Å². The van der Waals surface area contributed by atoms with Crippen LogP contribution >= 0.6 is 0 Å². The summed E-state index contributed by atoms with van der Waals surface area (Å²) in [7, 11) is 2.25. The molecule has 1 aliphatic heterocycles. The van der Waals surface area contributed by atoms with E-state index in [1.165, 1.54) is 46.1 Å². The molecule has 30 heavy (non-hydrogen) atoms. The summed E-state index contributed by atoms with van der Waals surface area (Å²) in [5.74, 6) is 1.20. The van der Waals surface area contributed by atoms with Gasteiger partial charge < -0.3 is 9.88 Å². The second kappa shape index (κ2) is 7.77. The van der Waals surface area contributed by atoms with Crippen LogP contribution < -0.4 is 0 Å². The summed E-state index contributed by atoms with van der Waals surface area (Å²) in [5, 5.41) is 5.76. The normalized spacial score (nSPS) is 20.1. The van der Waals surface area contributed by atoms with Crippen LogP contribution in [0, 0.1) is 19.8 Å². The molecule has 1 N–H and O–H groups in total. The first-order valence-electron chi connectivity index (χ1n) is 10.9. The van der Waals surface area contributed by atoms with Gasteiger partial charge in [0.05, 0.1) is 5.69 Å². The van der Waals surface area contributed by atoms with Crippen molar-refractivity contribution in [2.75, 3.05) is 20.1 Å². The number of nitrogens with zero attached hydrogens (tertiary/aromatic N) is 3. The van der Waals surface area contributed by atoms with Gasteiger partial charge in [-0.3, -0.25) is 0 Å². The number of aryl methyl sites for hydroxylation is 2. The van der Waals surface area contributed by atoms with E-state index >= 15 is 0 Å². The van der Waals surface area contributed by atoms with Gasteiger partial charge in [0.15, 0.2) is 0 Å². The van der Waals surface area contributed by atoms with Crippen molar-refractivity contribution in [3.05, 3.63) is 83.3 Å². The lowest BCUT2D eigenvalue weighted by atomic mass is 9.76. The van der Waals surface area contributed by atoms with Gasteiger partial charge >= 0.3 is 0 Å². The molecule has 5 rings (SSSR count). The Morgan fingerprint density at radius 1 is 1.10 bits per heavy atom. The van der Waals surface area contributed by atoms with Crippen molar-refractivity contribution in [3.8, 4) is 5.69 Å². The average Bonchev–Trinajstić information content (AvgIpc) is 3.44. The van der Waals surface area contributed by atoms with Gasteiger partial charge in [-0.15, -0.1) is 0 Å². The van der Waals surface area contributed by atoms with E-state index < -0.39 is 0 Å². The summed E-state index contributed by atoms with van der Waals surface area (Å²) < 4.78 is 1.92. The number of rotatable bonds is 4. The summed E-state index contributed by atoms with van der Waals surface area (Å²) in [6.07, 6.45) is 8.28. The minimum absolute atomic E-state index is 0.546. The summed E-state index contributed by atoms with van der Waals surface area (Å²) in [4.78, 5) is 5.93. The van der Waals surface area contributed by atoms with Crippen molar-refractivity contribution in [2.24, 2.45) is 5.92 Å². The lowest BCUT2D eigenvalue weighted by molar-refractivity contribution is 0.188. The summed E-state index contributed by atoms with van der Waals surface area (Å²) in [6, 6.07) is 15.6. The second-order valence-electron chi connectivity index (χ2n) is 8.92. The van der Waals surface area contributed by atoms with Crippen molar-refractivity contribution in [1.82, 2.24) is 19.7 Å². The van der Waals surface area contributed by atoms with Gasteiger partial charge in [-0.1, -0.05) is 18.2 Å². The predicted octanol–water partition coefficient (Wildman–Crippen LogP) is 5.25. The summed E-state index contributed by atoms with van der Waals surface area (Å²) in [6.45, 7) is 6.77. The van der Waals surface area contributed by atoms with E-state index in [0.717, 1.165) is 18.7 Å². The molecule has 0 amide bonds. The van der Waals surface area contributed by atoms with Gasteiger partial charge in [0.25, 0.3) is 0 Å². The molecule has 2 aromatic carbocycles. The molecule has 0 saturated carbocycles. The highest BCUT2D eigenvalue weighted by Crippen LogP contribution is 2.37. The van der Waals surface area contributed by atoms with E-state index in [1.54, 1.807) is 0 Å². The average molecular weight is 399 g/mol. The Kier molecular flexibility index (Phi) is 4.95. The maximum absolute atomic E-state index is 4.36. The fraction of sp³-hybridized carbons (Fsp3) is 0.346. The van der Waals surface area contributed by atoms with Crippen molar-refractivity contribution in [2.45, 2.75) is 32.6 Å². The number of benzene rings is 2. The topological polar surface area (TPSA) is 36.9 Å². The van der Waals surface area contributed by atoms with Crippen LogP contribution in [0.3, 0.4) is 0 Å². The van der Waals surface area contributed by atoms with Crippen LogP contribution in [0.2, 0.25) is 0 Å². The zero-order valence-corrected chi connectivity index (χ0v) is 18.1. The zero-order chi connectivity index (χ0) is 20.7. The standard InChI is InChI=1S/C26H30N4/c1-18-15-19(2)26-23(9-12-27-26)24(18)16-21-10-14-29(3)17-25(21)20-5-7-22(8-6-20)30-13-4-11-28-30/h4-9,11-13,15,21,25,27H,10,14,16-17H2,1-3H3/t21-,25-/m0/s1. The number of hydrogen-bond donors (Lipinski definition) is 1. The Balaban J connectivity index is 1.46. The maximum Gasteiger partial charge on any atom is 0.0645 e. The molecule has 1 fully saturated rings. The molecular weight excluding hydrogens is 368 g/mol. The largest absolute Gasteiger partial charge is 0.361 e. The van der Waals surface area contributed by atoms with Gasteiger partial charge in [-0.25, -0.2) is 4.68 Å². The number of H-pyrrole nitrogens is 1. The minimum atomic E-state index is 0.546. The van der Waals surface area contributed by atoms with E-state index in [0.29, 0.717) is 11.8 Å². The number of aromatic nitrogens is 3. The van der Waals surface area contributed by atoms with E-state index in [4.69, 9.17) is 0 Å². The van der Waals surface area contributed by atoms with Crippen LogP contribution in [0.25, 0.3) is 16.6 Å². The molecule has 154 valence electrons. The summed E-state index contributed by atoms with van der Waals surface area (Å²) >= 11 is 0. The van der Waals surface area contributed by atoms with Crippen LogP contribution in [-0.2, 0) is 6.42 Å². The van der Waals surface area contributed by atoms with E-state index in [2.05, 4.69) is 78.5 Å². The SMILES string of the molecule is Cc1cc(C)c2[nH]ccc2c1C[C@@H]1CCN(C)C[C@H]1c1ccc(-n2cccn2)cc1. The first-order chi connectivity index (χ1) is 14.6. The first-order valence-corrected chi connectivity index (χ1v) is 10.9. The van der Waals surface area contributed by atoms with Gasteiger partial charge in [-0.05, 0) is 98.6 Å². The second-order valence-corrected chi connectivity index (χ2v) is 8.92. The molecule has 0 unspecified atom stereocenters. The molecule has 0 radical (unpaired) electrons. The van der Waals surface area contributed by atoms with Gasteiger partial charge in [0.2, 0.25) is 0 Å². The lowest BCUT2D eigenvalue weighted by Crippen LogP contribution is -2.37. The minimum Gasteiger partial charge on any atom is -0.361 e. The molecule has 4 heteroatoms. The van der Waals surface area contributed by atoms with Crippen LogP contribution in [0.4, 0.5) is 0 Å². The van der Waals surface area contributed by atoms with E-state index in [9.17, 15) is 0 Å². The molecule has 4 aromatic rings. The van der Waals surface area contributed by atoms with E-state index in [1.807, 2.05) is 23.1 Å². The van der Waals surface area contributed by atoms with Gasteiger partial charge in [-0.2, -0.15) is 5.10 Å². The van der Waals surface area contributed by atoms with Crippen molar-refractivity contribution in [1.29, 1.82) is 0 Å². The molecule has 1 aliphatic rings. The van der Waals surface area contributed by atoms with Gasteiger partial charge in [0.1, 0.15) is 0 Å². The van der Waals surface area contributed by atoms with E-state index in [-0.39, 0.29) is 0 Å². The number of fused-ring (bicyclic) bond motifs is 1. The molecule has 4 nitrogen and oxygen atoms in total. The molecule has 0 aliphatic carbocycles. The Morgan fingerprint density at radius 2 is 1.93 bits per heavy atom.